The molecule has 1 aromatic rings. The molecule has 1 aliphatic carbocycles. The number of nitrogens with zero attached hydrogens (tertiary/aromatic N) is 4. The van der Waals surface area contributed by atoms with Crippen molar-refractivity contribution in [2.45, 2.75) is 45.1 Å². The predicted octanol–water partition coefficient (Wildman–Crippen LogP) is 1.97. The maximum Gasteiger partial charge on any atom is 0.249 e. The van der Waals surface area contributed by atoms with Crippen LogP contribution in [0.2, 0.25) is 0 Å². The summed E-state index contributed by atoms with van der Waals surface area (Å²) in [4.78, 5) is 25.4. The Morgan fingerprint density at radius 1 is 1.33 bits per heavy atom. The van der Waals surface area contributed by atoms with Crippen molar-refractivity contribution in [3.63, 3.8) is 0 Å². The molecule has 2 saturated heterocycles. The van der Waals surface area contributed by atoms with Crippen molar-refractivity contribution in [2.24, 2.45) is 18.4 Å². The number of amides is 1. The van der Waals surface area contributed by atoms with Gasteiger partial charge in [0.05, 0.1) is 18.6 Å². The van der Waals surface area contributed by atoms with Gasteiger partial charge in [0, 0.05) is 38.8 Å². The van der Waals surface area contributed by atoms with Gasteiger partial charge >= 0.3 is 0 Å². The summed E-state index contributed by atoms with van der Waals surface area (Å²) in [6.07, 6.45) is 10.5. The summed E-state index contributed by atoms with van der Waals surface area (Å²) in [6, 6.07) is 0. The Hall–Kier alpha value is -1.40. The summed E-state index contributed by atoms with van der Waals surface area (Å²) >= 11 is 0. The van der Waals surface area contributed by atoms with E-state index in [1.807, 2.05) is 19.6 Å². The van der Waals surface area contributed by atoms with Gasteiger partial charge in [-0.05, 0) is 44.1 Å². The Morgan fingerprint density at radius 3 is 3.00 bits per heavy atom. The molecule has 132 valence electrons. The zero-order valence-electron chi connectivity index (χ0n) is 14.6. The molecule has 1 aromatic heterocycles. The van der Waals surface area contributed by atoms with Crippen LogP contribution in [0, 0.1) is 11.3 Å². The lowest BCUT2D eigenvalue weighted by atomic mass is 9.76. The number of rotatable bonds is 3. The fourth-order valence-electron chi connectivity index (χ4n) is 4.84. The highest BCUT2D eigenvalue weighted by Crippen LogP contribution is 2.50. The van der Waals surface area contributed by atoms with Gasteiger partial charge in [-0.3, -0.25) is 14.5 Å². The third kappa shape index (κ3) is 2.86. The van der Waals surface area contributed by atoms with Crippen molar-refractivity contribution in [3.05, 3.63) is 18.2 Å². The van der Waals surface area contributed by atoms with Gasteiger partial charge in [-0.25, -0.2) is 10.0 Å². The number of imidazole rings is 1. The third-order valence-corrected chi connectivity index (χ3v) is 6.22. The minimum absolute atomic E-state index is 0.145. The van der Waals surface area contributed by atoms with E-state index in [0.717, 1.165) is 51.9 Å². The average molecular weight is 332 g/mol. The molecule has 3 aliphatic rings. The number of carbonyl (C=O) groups excluding carboxylic acids is 1. The van der Waals surface area contributed by atoms with Gasteiger partial charge in [-0.2, -0.15) is 0 Å². The van der Waals surface area contributed by atoms with E-state index in [1.54, 1.807) is 5.06 Å². The Labute approximate surface area is 143 Å². The molecular weight excluding hydrogens is 304 g/mol. The molecule has 1 amide bonds. The van der Waals surface area contributed by atoms with E-state index in [4.69, 9.17) is 4.84 Å². The van der Waals surface area contributed by atoms with Crippen LogP contribution in [0.5, 0.6) is 0 Å². The number of carbonyl (C=O) groups is 1. The van der Waals surface area contributed by atoms with Crippen LogP contribution >= 0.6 is 0 Å². The highest BCUT2D eigenvalue weighted by atomic mass is 16.7. The monoisotopic (exact) mass is 332 g/mol. The van der Waals surface area contributed by atoms with Crippen LogP contribution in [0.4, 0.5) is 0 Å². The van der Waals surface area contributed by atoms with Crippen LogP contribution in [0.1, 0.15) is 44.2 Å². The number of aryl methyl sites for hydroxylation is 1. The Morgan fingerprint density at radius 2 is 2.25 bits per heavy atom. The lowest BCUT2D eigenvalue weighted by Crippen LogP contribution is -2.45. The Balaban J connectivity index is 1.44. The maximum atomic E-state index is 13.0. The standard InChI is InChI=1S/C18H28N4O2/c1-20-14-19-11-15(20)12-21-9-7-18(13-21)6-4-5-16(18)17(23)22-8-2-3-10-24-22/h11,14,16H,2-10,12-13H2,1H3/t16-,18-/m1/s1. The molecule has 6 nitrogen and oxygen atoms in total. The quantitative estimate of drug-likeness (QED) is 0.849. The van der Waals surface area contributed by atoms with Crippen molar-refractivity contribution >= 4 is 5.91 Å². The number of likely N-dealkylation sites (tertiary alicyclic amines) is 1. The minimum Gasteiger partial charge on any atom is -0.337 e. The van der Waals surface area contributed by atoms with E-state index in [-0.39, 0.29) is 17.2 Å². The SMILES string of the molecule is Cn1cncc1CN1CC[C@]2(CCC[C@@H]2C(=O)N2CCCCO2)C1. The first-order chi connectivity index (χ1) is 11.7. The summed E-state index contributed by atoms with van der Waals surface area (Å²) in [5.41, 5.74) is 1.41. The fraction of sp³-hybridized carbons (Fsp3) is 0.778. The summed E-state index contributed by atoms with van der Waals surface area (Å²) in [6.45, 7) is 4.50. The molecule has 4 rings (SSSR count). The van der Waals surface area contributed by atoms with Gasteiger partial charge in [-0.1, -0.05) is 6.42 Å². The van der Waals surface area contributed by atoms with Crippen molar-refractivity contribution in [1.82, 2.24) is 19.5 Å². The molecule has 2 aliphatic heterocycles. The first-order valence-corrected chi connectivity index (χ1v) is 9.30. The first-order valence-electron chi connectivity index (χ1n) is 9.30. The second kappa shape index (κ2) is 6.48. The summed E-state index contributed by atoms with van der Waals surface area (Å²) in [5, 5.41) is 1.67. The zero-order chi connectivity index (χ0) is 16.6. The number of hydrogen-bond acceptors (Lipinski definition) is 4. The molecule has 1 spiro atoms. The van der Waals surface area contributed by atoms with Gasteiger partial charge < -0.3 is 4.57 Å². The van der Waals surface area contributed by atoms with Crippen LogP contribution < -0.4 is 0 Å². The fourth-order valence-corrected chi connectivity index (χ4v) is 4.84. The maximum absolute atomic E-state index is 13.0. The average Bonchev–Trinajstić information content (AvgIpc) is 3.31. The van der Waals surface area contributed by atoms with Crippen LogP contribution in [-0.4, -0.2) is 51.7 Å². The van der Waals surface area contributed by atoms with Crippen LogP contribution in [0.3, 0.4) is 0 Å². The second-order valence-electron chi connectivity index (χ2n) is 7.74. The first kappa shape index (κ1) is 16.1. The summed E-state index contributed by atoms with van der Waals surface area (Å²) < 4.78 is 2.09. The predicted molar refractivity (Wildman–Crippen MR) is 89.8 cm³/mol. The molecular formula is C18H28N4O2. The molecule has 0 radical (unpaired) electrons. The van der Waals surface area contributed by atoms with E-state index in [0.29, 0.717) is 6.61 Å². The smallest absolute Gasteiger partial charge is 0.249 e. The van der Waals surface area contributed by atoms with Crippen molar-refractivity contribution < 1.29 is 9.63 Å². The van der Waals surface area contributed by atoms with E-state index < -0.39 is 0 Å². The van der Waals surface area contributed by atoms with E-state index in [1.165, 1.54) is 18.5 Å². The second-order valence-corrected chi connectivity index (χ2v) is 7.74. The van der Waals surface area contributed by atoms with E-state index in [2.05, 4.69) is 14.5 Å². The molecule has 1 saturated carbocycles. The minimum atomic E-state index is 0.145. The molecule has 2 atom stereocenters. The molecule has 0 bridgehead atoms. The Kier molecular flexibility index (Phi) is 4.35. The molecule has 6 heteroatoms. The normalized spacial score (nSPS) is 31.2. The number of aromatic nitrogens is 2. The molecule has 0 unspecified atom stereocenters. The topological polar surface area (TPSA) is 50.6 Å². The number of hydrogen-bond donors (Lipinski definition) is 0. The lowest BCUT2D eigenvalue weighted by Gasteiger charge is -2.35. The van der Waals surface area contributed by atoms with Crippen LogP contribution in [0.15, 0.2) is 12.5 Å². The largest absolute Gasteiger partial charge is 0.337 e. The van der Waals surface area contributed by atoms with Crippen molar-refractivity contribution in [1.29, 1.82) is 0 Å². The third-order valence-electron chi connectivity index (χ3n) is 6.22. The van der Waals surface area contributed by atoms with Crippen LogP contribution in [-0.2, 0) is 23.2 Å². The number of hydroxylamine groups is 2. The highest BCUT2D eigenvalue weighted by molar-refractivity contribution is 5.79. The van der Waals surface area contributed by atoms with Gasteiger partial charge in [0.2, 0.25) is 5.91 Å². The summed E-state index contributed by atoms with van der Waals surface area (Å²) in [5.74, 6) is 0.390. The van der Waals surface area contributed by atoms with Gasteiger partial charge in [0.1, 0.15) is 0 Å². The van der Waals surface area contributed by atoms with E-state index in [9.17, 15) is 4.79 Å². The lowest BCUT2D eigenvalue weighted by molar-refractivity contribution is -0.204. The van der Waals surface area contributed by atoms with Gasteiger partial charge in [0.15, 0.2) is 0 Å². The highest BCUT2D eigenvalue weighted by Gasteiger charge is 2.51. The van der Waals surface area contributed by atoms with E-state index >= 15 is 0 Å². The molecule has 3 heterocycles. The summed E-state index contributed by atoms with van der Waals surface area (Å²) in [7, 11) is 2.05. The zero-order valence-corrected chi connectivity index (χ0v) is 14.6. The molecule has 0 aromatic carbocycles. The van der Waals surface area contributed by atoms with Crippen molar-refractivity contribution in [3.8, 4) is 0 Å². The Bertz CT molecular complexity index is 596. The molecule has 24 heavy (non-hydrogen) atoms. The molecule has 0 N–H and O–H groups in total. The van der Waals surface area contributed by atoms with Gasteiger partial charge in [-0.15, -0.1) is 0 Å². The van der Waals surface area contributed by atoms with Gasteiger partial charge in [0.25, 0.3) is 0 Å². The molecule has 3 fully saturated rings. The van der Waals surface area contributed by atoms with Crippen LogP contribution in [0.25, 0.3) is 0 Å². The van der Waals surface area contributed by atoms with Crippen molar-refractivity contribution in [2.75, 3.05) is 26.2 Å².